The van der Waals surface area contributed by atoms with Crippen molar-refractivity contribution in [2.24, 2.45) is 0 Å². The normalized spacial score (nSPS) is 20.6. The van der Waals surface area contributed by atoms with Crippen LogP contribution in [0.3, 0.4) is 0 Å². The number of nitrogens with zero attached hydrogens (tertiary/aromatic N) is 3. The minimum absolute atomic E-state index is 0.176. The number of pyridine rings is 1. The number of hydrogen-bond donors (Lipinski definition) is 2. The van der Waals surface area contributed by atoms with E-state index < -0.39 is 6.10 Å². The standard InChI is InChI=1S/C17H16N4O/c22-14-8-7-11-4-1-2-5-12(11)15(14)21-17-16-13(19-10-20-17)6-3-9-18-16/h1-6,9-10,14-15,22H,7-8H2,(H,19,20,21). The molecule has 0 saturated heterocycles. The molecule has 0 bridgehead atoms. The van der Waals surface area contributed by atoms with Crippen LogP contribution >= 0.6 is 0 Å². The number of aliphatic hydroxyl groups excluding tert-OH is 1. The van der Waals surface area contributed by atoms with Crippen LogP contribution in [0.2, 0.25) is 0 Å². The maximum absolute atomic E-state index is 10.4. The zero-order chi connectivity index (χ0) is 14.9. The summed E-state index contributed by atoms with van der Waals surface area (Å²) >= 11 is 0. The summed E-state index contributed by atoms with van der Waals surface area (Å²) in [5.41, 5.74) is 3.92. The zero-order valence-electron chi connectivity index (χ0n) is 12.0. The summed E-state index contributed by atoms with van der Waals surface area (Å²) in [6, 6.07) is 11.8. The van der Waals surface area contributed by atoms with Crippen LogP contribution in [0.4, 0.5) is 5.82 Å². The van der Waals surface area contributed by atoms with Gasteiger partial charge < -0.3 is 10.4 Å². The van der Waals surface area contributed by atoms with Gasteiger partial charge in [-0.05, 0) is 36.1 Å². The molecule has 2 unspecified atom stereocenters. The number of aliphatic hydroxyl groups is 1. The number of hydrogen-bond acceptors (Lipinski definition) is 5. The highest BCUT2D eigenvalue weighted by atomic mass is 16.3. The molecule has 0 fully saturated rings. The van der Waals surface area contributed by atoms with Crippen molar-refractivity contribution in [3.05, 3.63) is 60.0 Å². The number of benzene rings is 1. The Morgan fingerprint density at radius 3 is 2.91 bits per heavy atom. The molecule has 4 rings (SSSR count). The molecule has 5 nitrogen and oxygen atoms in total. The van der Waals surface area contributed by atoms with Crippen molar-refractivity contribution < 1.29 is 5.11 Å². The molecule has 1 aliphatic rings. The van der Waals surface area contributed by atoms with E-state index in [9.17, 15) is 5.11 Å². The van der Waals surface area contributed by atoms with E-state index >= 15 is 0 Å². The van der Waals surface area contributed by atoms with Crippen molar-refractivity contribution in [3.63, 3.8) is 0 Å². The smallest absolute Gasteiger partial charge is 0.156 e. The van der Waals surface area contributed by atoms with Crippen LogP contribution in [0.25, 0.3) is 11.0 Å². The quantitative estimate of drug-likeness (QED) is 0.759. The topological polar surface area (TPSA) is 70.9 Å². The highest BCUT2D eigenvalue weighted by Crippen LogP contribution is 2.33. The first-order valence-corrected chi connectivity index (χ1v) is 7.41. The van der Waals surface area contributed by atoms with E-state index in [-0.39, 0.29) is 6.04 Å². The van der Waals surface area contributed by atoms with Crippen LogP contribution in [0.1, 0.15) is 23.6 Å². The fraction of sp³-hybridized carbons (Fsp3) is 0.235. The Bertz CT molecular complexity index is 815. The van der Waals surface area contributed by atoms with Gasteiger partial charge in [-0.3, -0.25) is 4.98 Å². The average molecular weight is 292 g/mol. The Morgan fingerprint density at radius 1 is 1.05 bits per heavy atom. The monoisotopic (exact) mass is 292 g/mol. The van der Waals surface area contributed by atoms with Crippen molar-refractivity contribution in [3.8, 4) is 0 Å². The first-order chi connectivity index (χ1) is 10.8. The Kier molecular flexibility index (Phi) is 3.20. The summed E-state index contributed by atoms with van der Waals surface area (Å²) in [6.07, 6.45) is 4.45. The molecule has 0 aliphatic heterocycles. The minimum atomic E-state index is -0.441. The first-order valence-electron chi connectivity index (χ1n) is 7.41. The van der Waals surface area contributed by atoms with E-state index in [1.165, 1.54) is 11.9 Å². The van der Waals surface area contributed by atoms with Gasteiger partial charge in [0.15, 0.2) is 5.82 Å². The van der Waals surface area contributed by atoms with Gasteiger partial charge >= 0.3 is 0 Å². The molecule has 0 spiro atoms. The van der Waals surface area contributed by atoms with Gasteiger partial charge in [0.05, 0.1) is 17.7 Å². The molecule has 2 atom stereocenters. The predicted octanol–water partition coefficient (Wildman–Crippen LogP) is 2.49. The number of nitrogens with one attached hydrogen (secondary N) is 1. The lowest BCUT2D eigenvalue weighted by atomic mass is 9.85. The van der Waals surface area contributed by atoms with E-state index in [0.717, 1.165) is 29.4 Å². The third-order valence-corrected chi connectivity index (χ3v) is 4.17. The SMILES string of the molecule is OC1CCc2ccccc2C1Nc1ncnc2cccnc12. The molecule has 0 amide bonds. The molecule has 22 heavy (non-hydrogen) atoms. The van der Waals surface area contributed by atoms with Gasteiger partial charge in [-0.15, -0.1) is 0 Å². The minimum Gasteiger partial charge on any atom is -0.391 e. The van der Waals surface area contributed by atoms with E-state index in [1.54, 1.807) is 6.20 Å². The van der Waals surface area contributed by atoms with Crippen molar-refractivity contribution in [2.45, 2.75) is 25.0 Å². The molecule has 2 aromatic heterocycles. The van der Waals surface area contributed by atoms with Gasteiger partial charge in [0.1, 0.15) is 11.8 Å². The first kappa shape index (κ1) is 13.2. The Labute approximate surface area is 128 Å². The number of rotatable bonds is 2. The van der Waals surface area contributed by atoms with E-state index in [0.29, 0.717) is 5.82 Å². The predicted molar refractivity (Wildman–Crippen MR) is 84.5 cm³/mol. The fourth-order valence-electron chi connectivity index (χ4n) is 3.06. The third-order valence-electron chi connectivity index (χ3n) is 4.17. The Balaban J connectivity index is 1.76. The Morgan fingerprint density at radius 2 is 1.95 bits per heavy atom. The highest BCUT2D eigenvalue weighted by molar-refractivity contribution is 5.84. The van der Waals surface area contributed by atoms with Crippen molar-refractivity contribution >= 4 is 16.9 Å². The van der Waals surface area contributed by atoms with Crippen LogP contribution in [-0.4, -0.2) is 26.2 Å². The van der Waals surface area contributed by atoms with Gasteiger partial charge in [-0.25, -0.2) is 9.97 Å². The summed E-state index contributed by atoms with van der Waals surface area (Å²) in [5.74, 6) is 0.659. The molecule has 0 saturated carbocycles. The summed E-state index contributed by atoms with van der Waals surface area (Å²) in [4.78, 5) is 12.9. The average Bonchev–Trinajstić information content (AvgIpc) is 2.58. The maximum Gasteiger partial charge on any atom is 0.156 e. The molecule has 0 radical (unpaired) electrons. The van der Waals surface area contributed by atoms with Gasteiger partial charge in [0.2, 0.25) is 0 Å². The van der Waals surface area contributed by atoms with E-state index in [4.69, 9.17) is 0 Å². The molecule has 110 valence electrons. The molecule has 5 heteroatoms. The summed E-state index contributed by atoms with van der Waals surface area (Å²) < 4.78 is 0. The second kappa shape index (κ2) is 5.35. The summed E-state index contributed by atoms with van der Waals surface area (Å²) in [7, 11) is 0. The highest BCUT2D eigenvalue weighted by Gasteiger charge is 2.28. The van der Waals surface area contributed by atoms with Crippen LogP contribution in [0, 0.1) is 0 Å². The lowest BCUT2D eigenvalue weighted by molar-refractivity contribution is 0.135. The summed E-state index contributed by atoms with van der Waals surface area (Å²) in [6.45, 7) is 0. The largest absolute Gasteiger partial charge is 0.391 e. The zero-order valence-corrected chi connectivity index (χ0v) is 12.0. The number of aryl methyl sites for hydroxylation is 1. The van der Waals surface area contributed by atoms with Gasteiger partial charge in [0, 0.05) is 6.20 Å². The molecule has 1 aliphatic carbocycles. The molecular formula is C17H16N4O. The van der Waals surface area contributed by atoms with Crippen molar-refractivity contribution in [1.29, 1.82) is 0 Å². The maximum atomic E-state index is 10.4. The van der Waals surface area contributed by atoms with Crippen LogP contribution < -0.4 is 5.32 Å². The number of aromatic nitrogens is 3. The molecular weight excluding hydrogens is 276 g/mol. The van der Waals surface area contributed by atoms with Crippen LogP contribution in [0.15, 0.2) is 48.9 Å². The van der Waals surface area contributed by atoms with E-state index in [2.05, 4.69) is 32.4 Å². The molecule has 2 heterocycles. The third kappa shape index (κ3) is 2.19. The van der Waals surface area contributed by atoms with E-state index in [1.807, 2.05) is 24.3 Å². The summed E-state index contributed by atoms with van der Waals surface area (Å²) in [5, 5.41) is 13.8. The molecule has 1 aromatic carbocycles. The fourth-order valence-corrected chi connectivity index (χ4v) is 3.06. The van der Waals surface area contributed by atoms with Gasteiger partial charge in [-0.1, -0.05) is 24.3 Å². The lowest BCUT2D eigenvalue weighted by Crippen LogP contribution is -2.31. The lowest BCUT2D eigenvalue weighted by Gasteiger charge is -2.31. The van der Waals surface area contributed by atoms with Gasteiger partial charge in [-0.2, -0.15) is 0 Å². The molecule has 3 aromatic rings. The van der Waals surface area contributed by atoms with Crippen molar-refractivity contribution in [1.82, 2.24) is 15.0 Å². The van der Waals surface area contributed by atoms with Crippen LogP contribution in [-0.2, 0) is 6.42 Å². The van der Waals surface area contributed by atoms with Crippen LogP contribution in [0.5, 0.6) is 0 Å². The number of anilines is 1. The molecule has 2 N–H and O–H groups in total. The Hall–Kier alpha value is -2.53. The number of fused-ring (bicyclic) bond motifs is 2. The van der Waals surface area contributed by atoms with Gasteiger partial charge in [0.25, 0.3) is 0 Å². The second-order valence-electron chi connectivity index (χ2n) is 5.52. The second-order valence-corrected chi connectivity index (χ2v) is 5.52. The van der Waals surface area contributed by atoms with Crippen molar-refractivity contribution in [2.75, 3.05) is 5.32 Å².